The van der Waals surface area contributed by atoms with Crippen LogP contribution in [0.4, 0.5) is 13.2 Å². The first-order valence-electron chi connectivity index (χ1n) is 4.78. The minimum atomic E-state index is -5.04. The molecular formula is C11H7F3O3. The van der Waals surface area contributed by atoms with Crippen molar-refractivity contribution in [2.75, 3.05) is 0 Å². The average molecular weight is 244 g/mol. The van der Waals surface area contributed by atoms with E-state index in [1.165, 1.54) is 12.2 Å². The quantitative estimate of drug-likeness (QED) is 0.521. The molecule has 6 heteroatoms. The number of allylic oxidation sites excluding steroid dienone is 2. The van der Waals surface area contributed by atoms with Gasteiger partial charge in [0.05, 0.1) is 0 Å². The van der Waals surface area contributed by atoms with E-state index in [4.69, 9.17) is 4.74 Å². The van der Waals surface area contributed by atoms with Gasteiger partial charge < -0.3 is 4.74 Å². The average Bonchev–Trinajstić information content (AvgIpc) is 2.26. The fourth-order valence-corrected chi connectivity index (χ4v) is 1.61. The van der Waals surface area contributed by atoms with Crippen LogP contribution < -0.4 is 0 Å². The lowest BCUT2D eigenvalue weighted by atomic mass is 9.93. The van der Waals surface area contributed by atoms with Crippen LogP contribution in [0.3, 0.4) is 0 Å². The Bertz CT molecular complexity index is 457. The van der Waals surface area contributed by atoms with Crippen molar-refractivity contribution in [3.8, 4) is 0 Å². The molecule has 1 aliphatic heterocycles. The van der Waals surface area contributed by atoms with Crippen molar-refractivity contribution in [3.63, 3.8) is 0 Å². The summed E-state index contributed by atoms with van der Waals surface area (Å²) in [6.07, 6.45) is 1.52. The molecule has 0 radical (unpaired) electrons. The van der Waals surface area contributed by atoms with Gasteiger partial charge >= 0.3 is 12.1 Å². The first-order chi connectivity index (χ1) is 7.89. The molecule has 0 amide bonds. The highest BCUT2D eigenvalue weighted by Crippen LogP contribution is 2.29. The van der Waals surface area contributed by atoms with Crippen LogP contribution in [-0.2, 0) is 14.3 Å². The lowest BCUT2D eigenvalue weighted by Crippen LogP contribution is -2.40. The number of alkyl halides is 3. The normalized spacial score (nSPS) is 27.2. The van der Waals surface area contributed by atoms with E-state index in [1.54, 1.807) is 12.2 Å². The molecule has 0 unspecified atom stereocenters. The Morgan fingerprint density at radius 2 is 2.00 bits per heavy atom. The molecule has 2 aliphatic rings. The number of hydrogen-bond donors (Lipinski definition) is 0. The Labute approximate surface area is 94.2 Å². The molecule has 0 N–H and O–H groups in total. The van der Waals surface area contributed by atoms with E-state index in [1.807, 2.05) is 0 Å². The zero-order valence-electron chi connectivity index (χ0n) is 8.40. The Balaban J connectivity index is 2.31. The molecule has 2 atom stereocenters. The Morgan fingerprint density at radius 3 is 2.65 bits per heavy atom. The summed E-state index contributed by atoms with van der Waals surface area (Å²) in [6.45, 7) is 0. The van der Waals surface area contributed by atoms with Crippen LogP contribution >= 0.6 is 0 Å². The minimum Gasteiger partial charge on any atom is -0.452 e. The van der Waals surface area contributed by atoms with E-state index >= 15 is 0 Å². The van der Waals surface area contributed by atoms with Gasteiger partial charge in [-0.15, -0.1) is 0 Å². The molecule has 0 saturated heterocycles. The molecule has 0 aromatic carbocycles. The maximum Gasteiger partial charge on any atom is 0.451 e. The van der Waals surface area contributed by atoms with E-state index in [0.29, 0.717) is 5.57 Å². The van der Waals surface area contributed by atoms with Gasteiger partial charge in [0.25, 0.3) is 5.78 Å². The number of carbonyl (C=O) groups excluding carboxylic acids is 2. The van der Waals surface area contributed by atoms with Crippen molar-refractivity contribution in [1.29, 1.82) is 0 Å². The third-order valence-electron chi connectivity index (χ3n) is 2.43. The monoisotopic (exact) mass is 244 g/mol. The molecule has 2 rings (SSSR count). The molecule has 1 heterocycles. The fourth-order valence-electron chi connectivity index (χ4n) is 1.61. The summed E-state index contributed by atoms with van der Waals surface area (Å²) in [7, 11) is 0. The van der Waals surface area contributed by atoms with E-state index in [9.17, 15) is 22.8 Å². The molecule has 3 nitrogen and oxygen atoms in total. The van der Waals surface area contributed by atoms with Crippen molar-refractivity contribution in [3.05, 3.63) is 36.0 Å². The Morgan fingerprint density at radius 1 is 1.29 bits per heavy atom. The van der Waals surface area contributed by atoms with Gasteiger partial charge in [0.15, 0.2) is 0 Å². The number of rotatable bonds is 1. The van der Waals surface area contributed by atoms with Crippen LogP contribution in [-0.4, -0.2) is 24.0 Å². The number of halogens is 3. The second-order valence-electron chi connectivity index (χ2n) is 3.61. The third kappa shape index (κ3) is 2.15. The van der Waals surface area contributed by atoms with Gasteiger partial charge in [-0.3, -0.25) is 9.59 Å². The largest absolute Gasteiger partial charge is 0.452 e. The zero-order valence-corrected chi connectivity index (χ0v) is 8.40. The number of esters is 1. The number of carbonyl (C=O) groups is 2. The molecule has 1 aliphatic carbocycles. The van der Waals surface area contributed by atoms with E-state index in [2.05, 4.69) is 0 Å². The molecule has 17 heavy (non-hydrogen) atoms. The first-order valence-corrected chi connectivity index (χ1v) is 4.78. The summed E-state index contributed by atoms with van der Waals surface area (Å²) in [5, 5.41) is 0. The highest BCUT2D eigenvalue weighted by Gasteiger charge is 2.48. The van der Waals surface area contributed by atoms with Crippen LogP contribution in [0.25, 0.3) is 0 Å². The van der Waals surface area contributed by atoms with E-state index in [0.717, 1.165) is 6.08 Å². The summed E-state index contributed by atoms with van der Waals surface area (Å²) in [6, 6.07) is 0. The SMILES string of the molecule is O=C1O[C@@H]2C=CC=CC2=C[C@@H]1C(=O)C(F)(F)F. The summed E-state index contributed by atoms with van der Waals surface area (Å²) >= 11 is 0. The van der Waals surface area contributed by atoms with Crippen molar-refractivity contribution in [2.24, 2.45) is 5.92 Å². The highest BCUT2D eigenvalue weighted by atomic mass is 19.4. The smallest absolute Gasteiger partial charge is 0.451 e. The fraction of sp³-hybridized carbons (Fsp3) is 0.273. The van der Waals surface area contributed by atoms with Crippen LogP contribution in [0.15, 0.2) is 36.0 Å². The molecule has 0 bridgehead atoms. The van der Waals surface area contributed by atoms with Crippen molar-refractivity contribution < 1.29 is 27.5 Å². The van der Waals surface area contributed by atoms with Gasteiger partial charge in [0.2, 0.25) is 0 Å². The Kier molecular flexibility index (Phi) is 2.65. The summed E-state index contributed by atoms with van der Waals surface area (Å²) in [5.41, 5.74) is 0.384. The second-order valence-corrected chi connectivity index (χ2v) is 3.61. The third-order valence-corrected chi connectivity index (χ3v) is 2.43. The summed E-state index contributed by atoms with van der Waals surface area (Å²) in [5.74, 6) is -5.16. The molecule has 0 aromatic heterocycles. The van der Waals surface area contributed by atoms with Crippen molar-refractivity contribution in [1.82, 2.24) is 0 Å². The van der Waals surface area contributed by atoms with E-state index < -0.39 is 30.0 Å². The van der Waals surface area contributed by atoms with Gasteiger partial charge in [0.1, 0.15) is 12.0 Å². The molecule has 0 spiro atoms. The number of hydrogen-bond acceptors (Lipinski definition) is 3. The van der Waals surface area contributed by atoms with E-state index in [-0.39, 0.29) is 0 Å². The first kappa shape index (κ1) is 11.6. The zero-order chi connectivity index (χ0) is 12.6. The van der Waals surface area contributed by atoms with Gasteiger partial charge in [-0.1, -0.05) is 24.3 Å². The predicted molar refractivity (Wildman–Crippen MR) is 50.8 cm³/mol. The predicted octanol–water partition coefficient (Wildman–Crippen LogP) is 1.71. The molecule has 0 fully saturated rings. The number of ketones is 1. The second kappa shape index (κ2) is 3.87. The summed E-state index contributed by atoms with van der Waals surface area (Å²) in [4.78, 5) is 22.3. The number of fused-ring (bicyclic) bond motifs is 1. The number of ether oxygens (including phenoxy) is 1. The maximum absolute atomic E-state index is 12.2. The lowest BCUT2D eigenvalue weighted by molar-refractivity contribution is -0.180. The molecule has 90 valence electrons. The molecule has 0 saturated carbocycles. The lowest BCUT2D eigenvalue weighted by Gasteiger charge is -2.26. The van der Waals surface area contributed by atoms with Crippen LogP contribution in [0, 0.1) is 5.92 Å². The standard InChI is InChI=1S/C11H7F3O3/c12-11(13,14)9(15)7-5-6-3-1-2-4-8(6)17-10(7)16/h1-5,7-8H/t7-,8-/m1/s1. The van der Waals surface area contributed by atoms with Gasteiger partial charge in [-0.25, -0.2) is 0 Å². The highest BCUT2D eigenvalue weighted by molar-refractivity contribution is 6.04. The van der Waals surface area contributed by atoms with Crippen LogP contribution in [0.2, 0.25) is 0 Å². The van der Waals surface area contributed by atoms with Crippen LogP contribution in [0.5, 0.6) is 0 Å². The van der Waals surface area contributed by atoms with Gasteiger partial charge in [0, 0.05) is 0 Å². The molecule has 0 aromatic rings. The minimum absolute atomic E-state index is 0.384. The maximum atomic E-state index is 12.2. The van der Waals surface area contributed by atoms with Gasteiger partial charge in [-0.05, 0) is 11.6 Å². The summed E-state index contributed by atoms with van der Waals surface area (Å²) < 4.78 is 41.4. The van der Waals surface area contributed by atoms with Crippen LogP contribution in [0.1, 0.15) is 0 Å². The Hall–Kier alpha value is -1.85. The molecular weight excluding hydrogens is 237 g/mol. The van der Waals surface area contributed by atoms with Crippen molar-refractivity contribution >= 4 is 11.8 Å². The van der Waals surface area contributed by atoms with Crippen molar-refractivity contribution in [2.45, 2.75) is 12.3 Å². The van der Waals surface area contributed by atoms with Gasteiger partial charge in [-0.2, -0.15) is 13.2 Å². The topological polar surface area (TPSA) is 43.4 Å². The number of Topliss-reactive ketones (excluding diaryl/α,β-unsaturated/α-hetero) is 1.